The van der Waals surface area contributed by atoms with Gasteiger partial charge >= 0.3 is 6.09 Å². The number of aromatic nitrogens is 3. The second kappa shape index (κ2) is 14.0. The van der Waals surface area contributed by atoms with Crippen molar-refractivity contribution in [2.45, 2.75) is 25.2 Å². The number of nitrogens with zero attached hydrogens (tertiary/aromatic N) is 4. The maximum atomic E-state index is 12.4. The number of pyridine rings is 1. The van der Waals surface area contributed by atoms with Gasteiger partial charge in [-0.3, -0.25) is 10.3 Å². The maximum absolute atomic E-state index is 12.4. The van der Waals surface area contributed by atoms with Crippen molar-refractivity contribution in [1.82, 2.24) is 25.2 Å². The van der Waals surface area contributed by atoms with Crippen LogP contribution in [0.15, 0.2) is 55.0 Å². The molecule has 2 aliphatic rings. The average Bonchev–Trinajstić information content (AvgIpc) is 3.64. The topological polar surface area (TPSA) is 111 Å². The number of amides is 1. The minimum atomic E-state index is -0.287. The van der Waals surface area contributed by atoms with E-state index in [-0.39, 0.29) is 30.6 Å². The quantitative estimate of drug-likeness (QED) is 0.284. The van der Waals surface area contributed by atoms with Gasteiger partial charge in [-0.15, -0.1) is 23.7 Å². The summed E-state index contributed by atoms with van der Waals surface area (Å²) in [7, 11) is 0. The molecule has 2 fully saturated rings. The lowest BCUT2D eigenvalue weighted by atomic mass is 10.2. The molecule has 0 bridgehead atoms. The fourth-order valence-electron chi connectivity index (χ4n) is 4.50. The van der Waals surface area contributed by atoms with Gasteiger partial charge < -0.3 is 24.4 Å². The molecule has 0 spiro atoms. The molecule has 5 heterocycles. The number of anilines is 2. The molecule has 6 rings (SSSR count). The molecule has 42 heavy (non-hydrogen) atoms. The zero-order valence-electron chi connectivity index (χ0n) is 22.4. The molecule has 3 aromatic heterocycles. The standard InChI is InChI=1S/C29H27ClN6O4S.ClH/c30-24-14-20(5-7-26(24)39-17-21-3-1-2-8-31-21)35-28-27-25(33-18-34-28)15-23(41-27)6-4-19-13-22(16-32-19)40-29(37)36-9-11-38-12-10-36;/h1-3,5,7-8,14-15,18-19,22,32H,9-13,16-17H2,(H,33,34,35);1H/t19-,22-;/m1./s1. The van der Waals surface area contributed by atoms with Crippen LogP contribution in [0.2, 0.25) is 5.02 Å². The van der Waals surface area contributed by atoms with Crippen molar-refractivity contribution in [2.24, 2.45) is 0 Å². The van der Waals surface area contributed by atoms with Crippen molar-refractivity contribution >= 4 is 63.2 Å². The maximum Gasteiger partial charge on any atom is 0.410 e. The molecule has 0 unspecified atom stereocenters. The highest BCUT2D eigenvalue weighted by Gasteiger charge is 2.28. The number of thiophene rings is 1. The summed E-state index contributed by atoms with van der Waals surface area (Å²) in [6.45, 7) is 3.13. The smallest absolute Gasteiger partial charge is 0.410 e. The average molecular weight is 628 g/mol. The summed E-state index contributed by atoms with van der Waals surface area (Å²) >= 11 is 8.00. The summed E-state index contributed by atoms with van der Waals surface area (Å²) in [6, 6.07) is 13.1. The van der Waals surface area contributed by atoms with Gasteiger partial charge in [-0.05, 0) is 36.4 Å². The van der Waals surface area contributed by atoms with Crippen molar-refractivity contribution in [1.29, 1.82) is 0 Å². The van der Waals surface area contributed by atoms with Gasteiger partial charge in [0.1, 0.15) is 24.8 Å². The first-order valence-corrected chi connectivity index (χ1v) is 14.4. The lowest BCUT2D eigenvalue weighted by molar-refractivity contribution is 0.0156. The number of fused-ring (bicyclic) bond motifs is 1. The minimum Gasteiger partial charge on any atom is -0.486 e. The lowest BCUT2D eigenvalue weighted by Gasteiger charge is -2.27. The van der Waals surface area contributed by atoms with Gasteiger partial charge in [0.2, 0.25) is 0 Å². The van der Waals surface area contributed by atoms with Crippen LogP contribution in [0.4, 0.5) is 16.3 Å². The number of carbonyl (C=O) groups is 1. The molecule has 0 aliphatic carbocycles. The number of rotatable bonds is 6. The van der Waals surface area contributed by atoms with Crippen molar-refractivity contribution in [3.63, 3.8) is 0 Å². The number of hydrogen-bond acceptors (Lipinski definition) is 10. The van der Waals surface area contributed by atoms with Gasteiger partial charge in [0.15, 0.2) is 5.82 Å². The van der Waals surface area contributed by atoms with Crippen molar-refractivity contribution in [2.75, 3.05) is 38.2 Å². The molecule has 0 radical (unpaired) electrons. The first-order chi connectivity index (χ1) is 20.1. The Bertz CT molecular complexity index is 1590. The zero-order chi connectivity index (χ0) is 28.0. The van der Waals surface area contributed by atoms with Crippen LogP contribution in [0.3, 0.4) is 0 Å². The molecule has 2 atom stereocenters. The highest BCUT2D eigenvalue weighted by molar-refractivity contribution is 7.20. The van der Waals surface area contributed by atoms with Crippen LogP contribution >= 0.6 is 35.3 Å². The van der Waals surface area contributed by atoms with E-state index in [1.54, 1.807) is 17.2 Å². The van der Waals surface area contributed by atoms with E-state index in [0.29, 0.717) is 62.5 Å². The Morgan fingerprint density at radius 2 is 2.07 bits per heavy atom. The molecule has 1 amide bonds. The molecular weight excluding hydrogens is 599 g/mol. The van der Waals surface area contributed by atoms with Crippen LogP contribution in [0.25, 0.3) is 10.2 Å². The SMILES string of the molecule is Cl.O=C(O[C@H]1CN[C@H](C#Cc2cc3ncnc(Nc4ccc(OCc5ccccn5)c(Cl)c4)c3s2)C1)N1CCOCC1. The number of ether oxygens (including phenoxy) is 3. The van der Waals surface area contributed by atoms with Gasteiger partial charge in [-0.2, -0.15) is 0 Å². The van der Waals surface area contributed by atoms with Gasteiger partial charge in [0.05, 0.1) is 45.1 Å². The van der Waals surface area contributed by atoms with E-state index in [1.807, 2.05) is 36.4 Å². The number of hydrogen-bond donors (Lipinski definition) is 2. The predicted molar refractivity (Wildman–Crippen MR) is 164 cm³/mol. The summed E-state index contributed by atoms with van der Waals surface area (Å²) in [4.78, 5) is 28.0. The Morgan fingerprint density at radius 3 is 2.88 bits per heavy atom. The van der Waals surface area contributed by atoms with Gasteiger partial charge in [0, 0.05) is 37.9 Å². The lowest BCUT2D eigenvalue weighted by Crippen LogP contribution is -2.42. The first kappa shape index (κ1) is 29.8. The van der Waals surface area contributed by atoms with E-state index < -0.39 is 0 Å². The largest absolute Gasteiger partial charge is 0.486 e. The van der Waals surface area contributed by atoms with Crippen LogP contribution in [0, 0.1) is 11.8 Å². The third kappa shape index (κ3) is 7.40. The number of nitrogens with one attached hydrogen (secondary N) is 2. The van der Waals surface area contributed by atoms with Gasteiger partial charge in [0.25, 0.3) is 0 Å². The minimum absolute atomic E-state index is 0. The molecule has 0 saturated carbocycles. The van der Waals surface area contributed by atoms with Crippen molar-refractivity contribution in [3.05, 3.63) is 70.6 Å². The predicted octanol–water partition coefficient (Wildman–Crippen LogP) is 5.03. The van der Waals surface area contributed by atoms with Crippen LogP contribution in [-0.4, -0.2) is 70.9 Å². The van der Waals surface area contributed by atoms with Crippen molar-refractivity contribution in [3.8, 4) is 17.6 Å². The van der Waals surface area contributed by atoms with E-state index in [0.717, 1.165) is 26.5 Å². The van der Waals surface area contributed by atoms with E-state index >= 15 is 0 Å². The van der Waals surface area contributed by atoms with E-state index in [4.69, 9.17) is 25.8 Å². The summed E-state index contributed by atoms with van der Waals surface area (Å²) in [6.07, 6.45) is 3.40. The van der Waals surface area contributed by atoms with Crippen LogP contribution in [-0.2, 0) is 16.1 Å². The summed E-state index contributed by atoms with van der Waals surface area (Å²) in [5.74, 6) is 7.76. The summed E-state index contributed by atoms with van der Waals surface area (Å²) < 4.78 is 17.7. The number of carbonyl (C=O) groups excluding carboxylic acids is 1. The second-order valence-electron chi connectivity index (χ2n) is 9.50. The van der Waals surface area contributed by atoms with Gasteiger partial charge in [-0.1, -0.05) is 29.5 Å². The Hall–Kier alpha value is -3.66. The summed E-state index contributed by atoms with van der Waals surface area (Å²) in [5.41, 5.74) is 2.39. The number of morpholine rings is 1. The molecule has 2 saturated heterocycles. The fourth-order valence-corrected chi connectivity index (χ4v) is 5.65. The Morgan fingerprint density at radius 1 is 1.19 bits per heavy atom. The van der Waals surface area contributed by atoms with E-state index in [2.05, 4.69) is 37.4 Å². The van der Waals surface area contributed by atoms with E-state index in [9.17, 15) is 4.79 Å². The molecule has 13 heteroatoms. The molecule has 2 aliphatic heterocycles. The summed E-state index contributed by atoms with van der Waals surface area (Å²) in [5, 5.41) is 7.15. The number of benzene rings is 1. The zero-order valence-corrected chi connectivity index (χ0v) is 24.8. The Labute approximate surface area is 258 Å². The Balaban J connectivity index is 0.00000353. The molecule has 1 aromatic carbocycles. The third-order valence-corrected chi connectivity index (χ3v) is 7.95. The van der Waals surface area contributed by atoms with Gasteiger partial charge in [-0.25, -0.2) is 14.8 Å². The van der Waals surface area contributed by atoms with Crippen molar-refractivity contribution < 1.29 is 19.0 Å². The second-order valence-corrected chi connectivity index (χ2v) is 11.0. The highest BCUT2D eigenvalue weighted by atomic mass is 35.5. The Kier molecular flexibility index (Phi) is 9.94. The highest BCUT2D eigenvalue weighted by Crippen LogP contribution is 2.33. The molecule has 2 N–H and O–H groups in total. The monoisotopic (exact) mass is 626 g/mol. The first-order valence-electron chi connectivity index (χ1n) is 13.2. The molecule has 218 valence electrons. The molecule has 4 aromatic rings. The fraction of sp³-hybridized carbons (Fsp3) is 0.310. The van der Waals surface area contributed by atoms with E-state index in [1.165, 1.54) is 17.7 Å². The molecule has 10 nitrogen and oxygen atoms in total. The molecular formula is C29H28Cl2N6O4S. The normalized spacial score (nSPS) is 18.1. The van der Waals surface area contributed by atoms with Crippen LogP contribution < -0.4 is 15.4 Å². The van der Waals surface area contributed by atoms with Crippen LogP contribution in [0.5, 0.6) is 5.75 Å². The van der Waals surface area contributed by atoms with Crippen LogP contribution in [0.1, 0.15) is 17.0 Å². The number of halogens is 2. The third-order valence-electron chi connectivity index (χ3n) is 6.60.